The van der Waals surface area contributed by atoms with Crippen LogP contribution < -0.4 is 25.1 Å². The Bertz CT molecular complexity index is 1850. The van der Waals surface area contributed by atoms with Crippen LogP contribution in [-0.2, 0) is 36.0 Å². The van der Waals surface area contributed by atoms with Gasteiger partial charge in [0.05, 0.1) is 30.9 Å². The molecule has 2 fully saturated rings. The number of piperidine rings is 1. The van der Waals surface area contributed by atoms with Gasteiger partial charge in [-0.1, -0.05) is 0 Å². The molecule has 46 heavy (non-hydrogen) atoms. The number of aromatic nitrogens is 1. The van der Waals surface area contributed by atoms with Crippen molar-refractivity contribution in [3.05, 3.63) is 74.7 Å². The van der Waals surface area contributed by atoms with E-state index in [2.05, 4.69) is 10.2 Å². The molecule has 1 N–H and O–H groups in total. The smallest absolute Gasteiger partial charge is 0.262 e. The highest BCUT2D eigenvalue weighted by molar-refractivity contribution is 6.23. The molecule has 0 radical (unpaired) electrons. The molecule has 12 nitrogen and oxygen atoms in total. The number of carbonyl (C=O) groups is 4. The predicted octanol–water partition coefficient (Wildman–Crippen LogP) is 2.22. The molecule has 0 spiro atoms. The van der Waals surface area contributed by atoms with Crippen molar-refractivity contribution in [3.63, 3.8) is 0 Å². The van der Waals surface area contributed by atoms with Gasteiger partial charge in [0.1, 0.15) is 29.4 Å². The van der Waals surface area contributed by atoms with E-state index >= 15 is 0 Å². The molecule has 4 heterocycles. The van der Waals surface area contributed by atoms with E-state index in [-0.39, 0.29) is 35.6 Å². The largest absolute Gasteiger partial charge is 0.496 e. The summed E-state index contributed by atoms with van der Waals surface area (Å²) in [5, 5.41) is 2.21. The first kappa shape index (κ1) is 29.7. The van der Waals surface area contributed by atoms with Crippen LogP contribution in [0.1, 0.15) is 56.7 Å². The van der Waals surface area contributed by atoms with Crippen LogP contribution in [0.25, 0.3) is 11.1 Å². The van der Waals surface area contributed by atoms with Gasteiger partial charge in [0.25, 0.3) is 17.4 Å². The number of likely N-dealkylation sites (tertiary alicyclic amines) is 1. The molecule has 7 rings (SSSR count). The third kappa shape index (κ3) is 4.93. The normalized spacial score (nSPS) is 19.5. The van der Waals surface area contributed by atoms with E-state index in [0.29, 0.717) is 36.9 Å². The fourth-order valence-electron chi connectivity index (χ4n) is 7.03. The molecule has 238 valence electrons. The van der Waals surface area contributed by atoms with Gasteiger partial charge >= 0.3 is 0 Å². The number of fused-ring (bicyclic) bond motifs is 2. The molecule has 3 aromatic rings. The maximum Gasteiger partial charge on any atom is 0.262 e. The second kappa shape index (κ2) is 11.4. The second-order valence-electron chi connectivity index (χ2n) is 12.2. The van der Waals surface area contributed by atoms with Gasteiger partial charge in [0.15, 0.2) is 0 Å². The summed E-state index contributed by atoms with van der Waals surface area (Å²) in [5.74, 6) is -0.329. The summed E-state index contributed by atoms with van der Waals surface area (Å²) in [7, 11) is 5.05. The third-order valence-corrected chi connectivity index (χ3v) is 9.38. The van der Waals surface area contributed by atoms with Crippen molar-refractivity contribution in [1.29, 1.82) is 0 Å². The quantitative estimate of drug-likeness (QED) is 0.374. The van der Waals surface area contributed by atoms with Crippen molar-refractivity contribution >= 4 is 23.6 Å². The van der Waals surface area contributed by atoms with E-state index in [1.807, 2.05) is 18.3 Å². The molecule has 1 atom stereocenters. The van der Waals surface area contributed by atoms with Crippen LogP contribution in [0.2, 0.25) is 0 Å². The van der Waals surface area contributed by atoms with Gasteiger partial charge in [-0.25, -0.2) is 0 Å². The van der Waals surface area contributed by atoms with E-state index in [4.69, 9.17) is 14.2 Å². The molecule has 4 aliphatic rings. The molecule has 1 unspecified atom stereocenters. The van der Waals surface area contributed by atoms with Gasteiger partial charge in [-0.3, -0.25) is 39.1 Å². The lowest BCUT2D eigenvalue weighted by molar-refractivity contribution is -0.136. The number of hydrogen-bond donors (Lipinski definition) is 1. The first-order valence-electron chi connectivity index (χ1n) is 15.4. The Morgan fingerprint density at radius 1 is 0.848 bits per heavy atom. The fourth-order valence-corrected chi connectivity index (χ4v) is 7.03. The Hall–Kier alpha value is -4.97. The standard InChI is InChI=1S/C34H34N4O8/c1-36-16-25(21-5-4-6-22(21)32(36)41)18-11-28(44-2)26(29(12-18)45-3)17-37-14-20(15-37)46-19-7-8-23-24(13-19)34(43)38(33(23)42)27-9-10-30(39)35-31(27)40/h7-8,11-13,16,20,27H,4-6,9-10,14-15,17H2,1-3H3,(H,35,39,40). The molecule has 4 amide bonds. The summed E-state index contributed by atoms with van der Waals surface area (Å²) in [6.45, 7) is 1.80. The molecule has 2 aromatic carbocycles. The number of imide groups is 2. The Balaban J connectivity index is 1.04. The number of hydrogen-bond acceptors (Lipinski definition) is 9. The van der Waals surface area contributed by atoms with Crippen molar-refractivity contribution in [2.24, 2.45) is 7.05 Å². The number of nitrogens with one attached hydrogen (secondary N) is 1. The highest BCUT2D eigenvalue weighted by Gasteiger charge is 2.45. The van der Waals surface area contributed by atoms with Gasteiger partial charge < -0.3 is 18.8 Å². The number of pyridine rings is 1. The summed E-state index contributed by atoms with van der Waals surface area (Å²) < 4.78 is 19.5. The van der Waals surface area contributed by atoms with E-state index in [1.165, 1.54) is 0 Å². The minimum absolute atomic E-state index is 0.0647. The van der Waals surface area contributed by atoms with E-state index in [9.17, 15) is 24.0 Å². The lowest BCUT2D eigenvalue weighted by atomic mass is 9.96. The summed E-state index contributed by atoms with van der Waals surface area (Å²) >= 11 is 0. The van der Waals surface area contributed by atoms with Gasteiger partial charge in [-0.05, 0) is 67.1 Å². The number of amides is 4. The number of methoxy groups -OCH3 is 2. The predicted molar refractivity (Wildman–Crippen MR) is 165 cm³/mol. The average Bonchev–Trinajstić information content (AvgIpc) is 3.61. The summed E-state index contributed by atoms with van der Waals surface area (Å²) in [5.41, 5.74) is 5.31. The van der Waals surface area contributed by atoms with Crippen LogP contribution in [0, 0.1) is 0 Å². The van der Waals surface area contributed by atoms with E-state index in [1.54, 1.807) is 44.0 Å². The topological polar surface area (TPSA) is 136 Å². The van der Waals surface area contributed by atoms with Crippen LogP contribution in [0.15, 0.2) is 41.3 Å². The number of aryl methyl sites for hydroxylation is 1. The minimum atomic E-state index is -1.01. The lowest BCUT2D eigenvalue weighted by Crippen LogP contribution is -2.54. The van der Waals surface area contributed by atoms with Crippen molar-refractivity contribution < 1.29 is 33.4 Å². The average molecular weight is 627 g/mol. The lowest BCUT2D eigenvalue weighted by Gasteiger charge is -2.39. The molecule has 2 saturated heterocycles. The molecule has 3 aliphatic heterocycles. The van der Waals surface area contributed by atoms with Gasteiger partial charge in [0.2, 0.25) is 11.8 Å². The van der Waals surface area contributed by atoms with Gasteiger partial charge in [-0.2, -0.15) is 0 Å². The molecule has 1 aromatic heterocycles. The molecule has 12 heteroatoms. The fraction of sp³-hybridized carbons (Fsp3) is 0.382. The van der Waals surface area contributed by atoms with Crippen molar-refractivity contribution in [2.45, 2.75) is 50.8 Å². The monoisotopic (exact) mass is 626 g/mol. The molecular weight excluding hydrogens is 592 g/mol. The number of ether oxygens (including phenoxy) is 3. The maximum absolute atomic E-state index is 13.2. The number of rotatable bonds is 8. The summed E-state index contributed by atoms with van der Waals surface area (Å²) in [4.78, 5) is 65.9. The Morgan fingerprint density at radius 2 is 1.54 bits per heavy atom. The van der Waals surface area contributed by atoms with Gasteiger partial charge in [0, 0.05) is 50.4 Å². The minimum Gasteiger partial charge on any atom is -0.496 e. The molecule has 0 saturated carbocycles. The Labute approximate surface area is 264 Å². The van der Waals surface area contributed by atoms with E-state index < -0.39 is 29.7 Å². The SMILES string of the molecule is COc1cc(-c2cn(C)c(=O)c3c2CCC3)cc(OC)c1CN1CC(Oc2ccc3c(c2)C(=O)N(C2CCC(=O)NC2=O)C3=O)C1. The van der Waals surface area contributed by atoms with Crippen LogP contribution in [0.3, 0.4) is 0 Å². The zero-order chi connectivity index (χ0) is 32.3. The Kier molecular flexibility index (Phi) is 7.39. The zero-order valence-electron chi connectivity index (χ0n) is 25.9. The number of carbonyl (C=O) groups excluding carboxylic acids is 4. The molecule has 1 aliphatic carbocycles. The van der Waals surface area contributed by atoms with Gasteiger partial charge in [-0.15, -0.1) is 0 Å². The number of benzene rings is 2. The van der Waals surface area contributed by atoms with Crippen LogP contribution >= 0.6 is 0 Å². The second-order valence-corrected chi connectivity index (χ2v) is 12.2. The molecule has 0 bridgehead atoms. The number of nitrogens with zero attached hydrogens (tertiary/aromatic N) is 3. The van der Waals surface area contributed by atoms with Crippen LogP contribution in [0.5, 0.6) is 17.2 Å². The summed E-state index contributed by atoms with van der Waals surface area (Å²) in [6, 6.07) is 7.74. The Morgan fingerprint density at radius 3 is 2.24 bits per heavy atom. The van der Waals surface area contributed by atoms with Crippen LogP contribution in [-0.4, -0.2) is 77.5 Å². The highest BCUT2D eigenvalue weighted by Crippen LogP contribution is 2.39. The highest BCUT2D eigenvalue weighted by atomic mass is 16.5. The first-order chi connectivity index (χ1) is 22.2. The maximum atomic E-state index is 13.2. The van der Waals surface area contributed by atoms with Crippen molar-refractivity contribution in [3.8, 4) is 28.4 Å². The first-order valence-corrected chi connectivity index (χ1v) is 15.4. The van der Waals surface area contributed by atoms with Crippen molar-refractivity contribution in [2.75, 3.05) is 27.3 Å². The van der Waals surface area contributed by atoms with Crippen molar-refractivity contribution in [1.82, 2.24) is 19.7 Å². The summed E-state index contributed by atoms with van der Waals surface area (Å²) in [6.07, 6.45) is 4.55. The van der Waals surface area contributed by atoms with Crippen LogP contribution in [0.4, 0.5) is 0 Å². The molecular formula is C34H34N4O8. The van der Waals surface area contributed by atoms with E-state index in [0.717, 1.165) is 52.0 Å². The zero-order valence-corrected chi connectivity index (χ0v) is 25.9. The third-order valence-electron chi connectivity index (χ3n) is 9.38.